The molecule has 0 aliphatic rings. The molecule has 3 rings (SSSR count). The lowest BCUT2D eigenvalue weighted by Gasteiger charge is -2.25. The topological polar surface area (TPSA) is 246 Å². The van der Waals surface area contributed by atoms with E-state index in [9.17, 15) is 24.0 Å². The second-order valence-corrected chi connectivity index (χ2v) is 11.4. The predicted molar refractivity (Wildman–Crippen MR) is 169 cm³/mol. The fraction of sp³-hybridized carbons (Fsp3) is 0.467. The molecular weight excluding hydrogens is 598 g/mol. The van der Waals surface area contributed by atoms with Crippen molar-refractivity contribution in [2.24, 2.45) is 5.73 Å². The van der Waals surface area contributed by atoms with Gasteiger partial charge < -0.3 is 36.9 Å². The molecule has 0 aliphatic carbocycles. The molecule has 2 atom stereocenters. The Bertz CT molecular complexity index is 1590. The number of fused-ring (bicyclic) bond motifs is 1. The van der Waals surface area contributed by atoms with E-state index in [-0.39, 0.29) is 42.1 Å². The number of nitrogens with zero attached hydrogens (tertiary/aromatic N) is 3. The van der Waals surface area contributed by atoms with Gasteiger partial charge in [0.2, 0.25) is 11.9 Å². The zero-order chi connectivity index (χ0) is 33.9. The van der Waals surface area contributed by atoms with Crippen molar-refractivity contribution in [3.05, 3.63) is 52.1 Å². The maximum absolute atomic E-state index is 13.1. The van der Waals surface area contributed by atoms with E-state index < -0.39 is 47.0 Å². The molecule has 16 nitrogen and oxygen atoms in total. The average molecular weight is 640 g/mol. The normalized spacial score (nSPS) is 12.5. The molecule has 0 fully saturated rings. The van der Waals surface area contributed by atoms with Gasteiger partial charge in [0.05, 0.1) is 25.5 Å². The third kappa shape index (κ3) is 10.8. The summed E-state index contributed by atoms with van der Waals surface area (Å²) in [6, 6.07) is 4.45. The van der Waals surface area contributed by atoms with E-state index >= 15 is 0 Å². The van der Waals surface area contributed by atoms with Crippen molar-refractivity contribution in [3.8, 4) is 0 Å². The zero-order valence-electron chi connectivity index (χ0n) is 26.3. The van der Waals surface area contributed by atoms with Gasteiger partial charge >= 0.3 is 11.9 Å². The lowest BCUT2D eigenvalue weighted by molar-refractivity contribution is -0.157. The van der Waals surface area contributed by atoms with Crippen molar-refractivity contribution in [2.45, 2.75) is 77.1 Å². The third-order valence-corrected chi connectivity index (χ3v) is 6.53. The van der Waals surface area contributed by atoms with Crippen LogP contribution in [0.3, 0.4) is 0 Å². The number of hydrogen-bond donors (Lipinski definition) is 6. The summed E-state index contributed by atoms with van der Waals surface area (Å²) in [5, 5.41) is 8.43. The first kappa shape index (κ1) is 35.4. The minimum Gasteiger partial charge on any atom is -0.467 e. The van der Waals surface area contributed by atoms with E-state index in [1.165, 1.54) is 13.3 Å². The van der Waals surface area contributed by atoms with Gasteiger partial charge in [0.1, 0.15) is 17.7 Å². The van der Waals surface area contributed by atoms with Crippen LogP contribution in [-0.2, 0) is 30.4 Å². The summed E-state index contributed by atoms with van der Waals surface area (Å²) < 4.78 is 10.3. The fourth-order valence-electron chi connectivity index (χ4n) is 4.28. The maximum atomic E-state index is 13.1. The van der Waals surface area contributed by atoms with E-state index in [0.29, 0.717) is 37.2 Å². The molecule has 0 aliphatic heterocycles. The average Bonchev–Trinajstić information content (AvgIpc) is 3.00. The molecule has 0 bridgehead atoms. The molecule has 8 N–H and O–H groups in total. The first-order valence-electron chi connectivity index (χ1n) is 14.8. The summed E-state index contributed by atoms with van der Waals surface area (Å²) in [5.41, 5.74) is 11.3. The Balaban J connectivity index is 1.63. The van der Waals surface area contributed by atoms with Gasteiger partial charge in [-0.2, -0.15) is 4.98 Å². The number of amides is 2. The smallest absolute Gasteiger partial charge is 0.329 e. The molecule has 0 saturated heterocycles. The van der Waals surface area contributed by atoms with Crippen molar-refractivity contribution >= 4 is 46.6 Å². The number of carbonyl (C=O) groups excluding carboxylic acids is 4. The number of nitrogen functional groups attached to an aromatic ring is 1. The van der Waals surface area contributed by atoms with Gasteiger partial charge in [-0.15, -0.1) is 0 Å². The monoisotopic (exact) mass is 639 g/mol. The number of aromatic amines is 1. The molecule has 16 heteroatoms. The minimum absolute atomic E-state index is 0.0526. The second-order valence-electron chi connectivity index (χ2n) is 11.4. The summed E-state index contributed by atoms with van der Waals surface area (Å²) in [6.45, 7) is 5.76. The minimum atomic E-state index is -1.14. The highest BCUT2D eigenvalue weighted by atomic mass is 16.6. The number of ether oxygens (including phenoxy) is 2. The van der Waals surface area contributed by atoms with Gasteiger partial charge in [-0.1, -0.05) is 0 Å². The molecule has 1 aromatic carbocycles. The van der Waals surface area contributed by atoms with Crippen LogP contribution in [0, 0.1) is 0 Å². The SMILES string of the molecule is COC(=O)C(CCCCN)NC(=O)CCC(NC(=O)c1ccc(NCc2cnc3nc(N)[nH]c(=O)c3n2)cc1)C(=O)OC(C)(C)C. The number of methoxy groups -OCH3 is 1. The van der Waals surface area contributed by atoms with E-state index in [1.54, 1.807) is 45.0 Å². The molecule has 2 heterocycles. The number of benzene rings is 1. The quantitative estimate of drug-likeness (QED) is 0.100. The first-order chi connectivity index (χ1) is 21.8. The lowest BCUT2D eigenvalue weighted by atomic mass is 10.1. The first-order valence-corrected chi connectivity index (χ1v) is 14.8. The van der Waals surface area contributed by atoms with E-state index in [1.807, 2.05) is 0 Å². The summed E-state index contributed by atoms with van der Waals surface area (Å²) in [6.07, 6.45) is 2.90. The molecule has 0 spiro atoms. The molecule has 248 valence electrons. The number of nitrogens with two attached hydrogens (primary N) is 2. The number of rotatable bonds is 15. The van der Waals surface area contributed by atoms with Crippen LogP contribution in [0.15, 0.2) is 35.3 Å². The van der Waals surface area contributed by atoms with Crippen LogP contribution < -0.4 is 33.0 Å². The molecule has 2 unspecified atom stereocenters. The van der Waals surface area contributed by atoms with Crippen LogP contribution in [-0.4, -0.2) is 75.0 Å². The predicted octanol–water partition coefficient (Wildman–Crippen LogP) is 0.915. The van der Waals surface area contributed by atoms with Crippen molar-refractivity contribution in [1.82, 2.24) is 30.6 Å². The van der Waals surface area contributed by atoms with Crippen LogP contribution in [0.1, 0.15) is 68.9 Å². The number of unbranched alkanes of at least 4 members (excludes halogenated alkanes) is 1. The number of anilines is 2. The highest BCUT2D eigenvalue weighted by Gasteiger charge is 2.29. The van der Waals surface area contributed by atoms with Crippen molar-refractivity contribution in [3.63, 3.8) is 0 Å². The fourth-order valence-corrected chi connectivity index (χ4v) is 4.28. The highest BCUT2D eigenvalue weighted by Crippen LogP contribution is 2.15. The molecule has 46 heavy (non-hydrogen) atoms. The Kier molecular flexibility index (Phi) is 12.5. The van der Waals surface area contributed by atoms with E-state index in [2.05, 4.69) is 35.9 Å². The van der Waals surface area contributed by atoms with E-state index in [0.717, 1.165) is 0 Å². The van der Waals surface area contributed by atoms with Crippen molar-refractivity contribution in [2.75, 3.05) is 24.7 Å². The molecule has 2 amide bonds. The van der Waals surface area contributed by atoms with Crippen LogP contribution in [0.5, 0.6) is 0 Å². The van der Waals surface area contributed by atoms with Gasteiger partial charge in [0, 0.05) is 17.7 Å². The Hall–Kier alpha value is -5.12. The summed E-state index contributed by atoms with van der Waals surface area (Å²) in [5.74, 6) is -2.37. The van der Waals surface area contributed by atoms with Gasteiger partial charge in [0.15, 0.2) is 11.2 Å². The molecule has 3 aromatic rings. The highest BCUT2D eigenvalue weighted by molar-refractivity contribution is 5.97. The third-order valence-electron chi connectivity index (χ3n) is 6.53. The lowest BCUT2D eigenvalue weighted by Crippen LogP contribution is -2.46. The number of H-pyrrole nitrogens is 1. The van der Waals surface area contributed by atoms with Gasteiger partial charge in [-0.3, -0.25) is 19.4 Å². The number of esters is 2. The molecule has 2 aromatic heterocycles. The number of nitrogens with one attached hydrogen (secondary N) is 4. The van der Waals surface area contributed by atoms with Crippen molar-refractivity contribution < 1.29 is 28.7 Å². The maximum Gasteiger partial charge on any atom is 0.329 e. The molecular formula is C30H41N9O7. The standard InChI is InChI=1S/C30H41N9O7/c1-30(2,3)46-28(44)21(12-13-22(40)36-20(27(43)45-4)7-5-6-14-31)37-25(41)17-8-10-18(11-9-17)33-15-19-16-34-24-23(35-19)26(42)39-29(32)38-24/h8-11,16,20-21,33H,5-7,12-15,31H2,1-4H3,(H,36,40)(H,37,41)(H3,32,34,38,39,42). The Morgan fingerprint density at radius 1 is 0.978 bits per heavy atom. The van der Waals surface area contributed by atoms with Crippen LogP contribution >= 0.6 is 0 Å². The Morgan fingerprint density at radius 3 is 2.33 bits per heavy atom. The van der Waals surface area contributed by atoms with Crippen molar-refractivity contribution in [1.29, 1.82) is 0 Å². The number of aromatic nitrogens is 4. The summed E-state index contributed by atoms with van der Waals surface area (Å²) in [7, 11) is 1.24. The number of carbonyl (C=O) groups is 4. The Morgan fingerprint density at radius 2 is 1.67 bits per heavy atom. The Labute approximate surface area is 265 Å². The summed E-state index contributed by atoms with van der Waals surface area (Å²) >= 11 is 0. The van der Waals surface area contributed by atoms with E-state index in [4.69, 9.17) is 20.9 Å². The largest absolute Gasteiger partial charge is 0.467 e. The summed E-state index contributed by atoms with van der Waals surface area (Å²) in [4.78, 5) is 77.8. The second kappa shape index (κ2) is 16.3. The van der Waals surface area contributed by atoms with Crippen LogP contribution in [0.25, 0.3) is 11.2 Å². The molecule has 0 radical (unpaired) electrons. The van der Waals surface area contributed by atoms with Crippen LogP contribution in [0.4, 0.5) is 11.6 Å². The van der Waals surface area contributed by atoms with Gasteiger partial charge in [-0.05, 0) is 77.3 Å². The number of hydrogen-bond acceptors (Lipinski definition) is 13. The van der Waals surface area contributed by atoms with Gasteiger partial charge in [-0.25, -0.2) is 19.6 Å². The zero-order valence-corrected chi connectivity index (χ0v) is 26.3. The van der Waals surface area contributed by atoms with Crippen LogP contribution in [0.2, 0.25) is 0 Å². The van der Waals surface area contributed by atoms with Gasteiger partial charge in [0.25, 0.3) is 11.5 Å². The molecule has 0 saturated carbocycles.